The third-order valence-electron chi connectivity index (χ3n) is 1.23. The summed E-state index contributed by atoms with van der Waals surface area (Å²) in [5.41, 5.74) is -6.69. The van der Waals surface area contributed by atoms with Crippen LogP contribution in [0.2, 0.25) is 0 Å². The van der Waals surface area contributed by atoms with Crippen molar-refractivity contribution in [3.05, 3.63) is 6.92 Å². The first-order valence-electron chi connectivity index (χ1n) is 3.38. The average molecular weight is 330 g/mol. The molecule has 1 N–H and O–H groups in total. The van der Waals surface area contributed by atoms with Gasteiger partial charge in [0, 0.05) is 19.5 Å². The van der Waals surface area contributed by atoms with E-state index in [4.69, 9.17) is 5.11 Å². The first-order chi connectivity index (χ1) is 6.75. The zero-order valence-corrected chi connectivity index (χ0v) is 11.2. The fourth-order valence-electron chi connectivity index (χ4n) is 0.482. The SMILES string of the molecule is OC(C(F)(F)F)(C(F)(F)F)C(F)(F)F.[CH2-]C.[Zn]. The predicted molar refractivity (Wildman–Crippen MR) is 34.1 cm³/mol. The van der Waals surface area contributed by atoms with E-state index in [1.165, 1.54) is 0 Å². The van der Waals surface area contributed by atoms with Crippen LogP contribution in [0, 0.1) is 6.92 Å². The molecule has 0 aromatic rings. The molecule has 0 atom stereocenters. The Balaban J connectivity index is -0.000000616. The van der Waals surface area contributed by atoms with E-state index >= 15 is 0 Å². The van der Waals surface area contributed by atoms with Gasteiger partial charge >= 0.3 is 24.1 Å². The van der Waals surface area contributed by atoms with Gasteiger partial charge < -0.3 is 12.0 Å². The van der Waals surface area contributed by atoms with Gasteiger partial charge in [0.25, 0.3) is 0 Å². The van der Waals surface area contributed by atoms with Crippen LogP contribution in [0.1, 0.15) is 6.92 Å². The molecule has 0 aliphatic rings. The van der Waals surface area contributed by atoms with E-state index in [0.717, 1.165) is 0 Å². The first-order valence-corrected chi connectivity index (χ1v) is 3.38. The maximum absolute atomic E-state index is 11.4. The van der Waals surface area contributed by atoms with E-state index in [0.29, 0.717) is 0 Å². The largest absolute Gasteiger partial charge is 0.435 e. The summed E-state index contributed by atoms with van der Waals surface area (Å²) < 4.78 is 103. The van der Waals surface area contributed by atoms with Crippen molar-refractivity contribution in [1.29, 1.82) is 0 Å². The van der Waals surface area contributed by atoms with Crippen LogP contribution in [-0.2, 0) is 19.5 Å². The normalized spacial score (nSPS) is 13.4. The maximum Gasteiger partial charge on any atom is 0.435 e. The summed E-state index contributed by atoms with van der Waals surface area (Å²) in [6.07, 6.45) is -20.6. The van der Waals surface area contributed by atoms with Crippen LogP contribution in [0.25, 0.3) is 0 Å². The zero-order valence-electron chi connectivity index (χ0n) is 8.26. The molecule has 0 fully saturated rings. The maximum atomic E-state index is 11.4. The smallest absolute Gasteiger partial charge is 0.367 e. The summed E-state index contributed by atoms with van der Waals surface area (Å²) in [5.74, 6) is 0. The van der Waals surface area contributed by atoms with Gasteiger partial charge in [-0.2, -0.15) is 46.4 Å². The van der Waals surface area contributed by atoms with E-state index in [1.54, 1.807) is 6.92 Å². The van der Waals surface area contributed by atoms with Gasteiger partial charge in [-0.25, -0.2) is 0 Å². The summed E-state index contributed by atoms with van der Waals surface area (Å²) in [6.45, 7) is 5.00. The van der Waals surface area contributed by atoms with E-state index in [9.17, 15) is 39.5 Å². The Bertz CT molecular complexity index is 179. The third-order valence-corrected chi connectivity index (χ3v) is 1.23. The van der Waals surface area contributed by atoms with Gasteiger partial charge in [0.15, 0.2) is 0 Å². The second kappa shape index (κ2) is 6.22. The molecule has 102 valence electrons. The number of aliphatic hydroxyl groups is 1. The molecule has 0 unspecified atom stereocenters. The van der Waals surface area contributed by atoms with Crippen molar-refractivity contribution in [3.63, 3.8) is 0 Å². The van der Waals surface area contributed by atoms with Crippen molar-refractivity contribution >= 4 is 0 Å². The summed E-state index contributed by atoms with van der Waals surface area (Å²) in [4.78, 5) is 0. The number of halogens is 9. The van der Waals surface area contributed by atoms with E-state index in [-0.39, 0.29) is 19.5 Å². The summed E-state index contributed by atoms with van der Waals surface area (Å²) in [5, 5.41) is 7.65. The van der Waals surface area contributed by atoms with Crippen molar-refractivity contribution in [2.45, 2.75) is 31.1 Å². The molecule has 0 aromatic carbocycles. The van der Waals surface area contributed by atoms with E-state index in [1.807, 2.05) is 0 Å². The molecule has 0 aliphatic heterocycles. The Hall–Kier alpha value is -0.0466. The van der Waals surface area contributed by atoms with Crippen molar-refractivity contribution in [2.75, 3.05) is 0 Å². The second-order valence-corrected chi connectivity index (χ2v) is 2.20. The van der Waals surface area contributed by atoms with Crippen LogP contribution in [-0.4, -0.2) is 29.2 Å². The molecule has 0 spiro atoms. The Morgan fingerprint density at radius 2 is 0.765 bits per heavy atom. The van der Waals surface area contributed by atoms with Crippen LogP contribution >= 0.6 is 0 Å². The van der Waals surface area contributed by atoms with Crippen molar-refractivity contribution in [1.82, 2.24) is 0 Å². The minimum Gasteiger partial charge on any atom is -0.367 e. The monoisotopic (exact) mass is 329 g/mol. The Labute approximate surface area is 103 Å². The molecular weight excluding hydrogens is 324 g/mol. The standard InChI is InChI=1S/C4HF9O.C2H5.Zn/c5-2(6,7)1(14,3(8,9)10)4(11,12)13;1-2;/h14H;1H2,2H3;/q;-1;. The average Bonchev–Trinajstić information content (AvgIpc) is 2.00. The molecule has 11 heteroatoms. The van der Waals surface area contributed by atoms with Gasteiger partial charge in [0.2, 0.25) is 0 Å². The van der Waals surface area contributed by atoms with Gasteiger partial charge in [-0.05, 0) is 0 Å². The van der Waals surface area contributed by atoms with Gasteiger partial charge in [-0.15, -0.1) is 0 Å². The molecule has 1 nitrogen and oxygen atoms in total. The molecule has 17 heavy (non-hydrogen) atoms. The fraction of sp³-hybridized carbons (Fsp3) is 0.833. The molecule has 0 aliphatic carbocycles. The number of hydrogen-bond donors (Lipinski definition) is 1. The van der Waals surface area contributed by atoms with Gasteiger partial charge in [-0.3, -0.25) is 0 Å². The number of hydrogen-bond acceptors (Lipinski definition) is 1. The van der Waals surface area contributed by atoms with Gasteiger partial charge in [0.05, 0.1) is 0 Å². The summed E-state index contributed by atoms with van der Waals surface area (Å²) >= 11 is 0. The molecule has 0 radical (unpaired) electrons. The van der Waals surface area contributed by atoms with E-state index < -0.39 is 24.1 Å². The van der Waals surface area contributed by atoms with Crippen LogP contribution < -0.4 is 0 Å². The molecule has 0 bridgehead atoms. The summed E-state index contributed by atoms with van der Waals surface area (Å²) in [6, 6.07) is 0. The molecule has 0 aromatic heterocycles. The minimum atomic E-state index is -6.87. The van der Waals surface area contributed by atoms with Crippen molar-refractivity contribution in [2.24, 2.45) is 0 Å². The molecule has 0 saturated heterocycles. The molecular formula is C6H6F9OZn-. The van der Waals surface area contributed by atoms with Crippen molar-refractivity contribution < 1.29 is 64.1 Å². The summed E-state index contributed by atoms with van der Waals surface area (Å²) in [7, 11) is 0. The Morgan fingerprint density at radius 3 is 0.765 bits per heavy atom. The Kier molecular flexibility index (Phi) is 8.10. The van der Waals surface area contributed by atoms with Crippen LogP contribution in [0.5, 0.6) is 0 Å². The predicted octanol–water partition coefficient (Wildman–Crippen LogP) is 3.24. The molecule has 0 saturated carbocycles. The number of alkyl halides is 9. The second-order valence-electron chi connectivity index (χ2n) is 2.20. The van der Waals surface area contributed by atoms with Crippen LogP contribution in [0.4, 0.5) is 39.5 Å². The zero-order chi connectivity index (χ0) is 14.0. The Morgan fingerprint density at radius 1 is 0.647 bits per heavy atom. The quantitative estimate of drug-likeness (QED) is 0.411. The van der Waals surface area contributed by atoms with Gasteiger partial charge in [0.1, 0.15) is 0 Å². The fourth-order valence-corrected chi connectivity index (χ4v) is 0.482. The number of rotatable bonds is 0. The van der Waals surface area contributed by atoms with Gasteiger partial charge in [-0.1, -0.05) is 0 Å². The minimum absolute atomic E-state index is 0. The van der Waals surface area contributed by atoms with Crippen LogP contribution in [0.15, 0.2) is 0 Å². The van der Waals surface area contributed by atoms with E-state index in [2.05, 4.69) is 6.92 Å². The van der Waals surface area contributed by atoms with Crippen LogP contribution in [0.3, 0.4) is 0 Å². The third kappa shape index (κ3) is 4.28. The molecule has 0 heterocycles. The molecule has 0 rings (SSSR count). The topological polar surface area (TPSA) is 20.2 Å². The molecule has 0 amide bonds. The van der Waals surface area contributed by atoms with Crippen molar-refractivity contribution in [3.8, 4) is 0 Å². The first kappa shape index (κ1) is 22.2.